The average molecular weight is 362 g/mol. The molecule has 0 spiro atoms. The lowest BCUT2D eigenvalue weighted by atomic mass is 10.2. The van der Waals surface area contributed by atoms with Crippen LogP contribution in [-0.4, -0.2) is 30.0 Å². The first kappa shape index (κ1) is 19.0. The van der Waals surface area contributed by atoms with E-state index in [2.05, 4.69) is 0 Å². The molecule has 0 aliphatic rings. The Hall–Kier alpha value is -2.34. The highest BCUT2D eigenvalue weighted by Gasteiger charge is 2.29. The van der Waals surface area contributed by atoms with Crippen LogP contribution in [0, 0.1) is 0 Å². The number of hydrogen-bond acceptors (Lipinski definition) is 5. The number of aliphatic carboxylic acids is 1. The molecule has 0 bridgehead atoms. The summed E-state index contributed by atoms with van der Waals surface area (Å²) in [6.07, 6.45) is 0. The maximum Gasteiger partial charge on any atom is 0.319 e. The van der Waals surface area contributed by atoms with E-state index in [0.29, 0.717) is 18.1 Å². The van der Waals surface area contributed by atoms with E-state index in [1.165, 1.54) is 11.8 Å². The lowest BCUT2D eigenvalue weighted by Gasteiger charge is -2.20. The Morgan fingerprint density at radius 2 is 1.68 bits per heavy atom. The van der Waals surface area contributed by atoms with E-state index >= 15 is 0 Å². The number of methoxy groups -OCH3 is 2. The van der Waals surface area contributed by atoms with Crippen LogP contribution >= 0.6 is 11.8 Å². The van der Waals surface area contributed by atoms with Crippen molar-refractivity contribution >= 4 is 17.7 Å². The van der Waals surface area contributed by atoms with E-state index < -0.39 is 10.7 Å². The second-order valence-electron chi connectivity index (χ2n) is 5.87. The van der Waals surface area contributed by atoms with Crippen LogP contribution in [0.3, 0.4) is 0 Å². The van der Waals surface area contributed by atoms with Crippen molar-refractivity contribution in [2.75, 3.05) is 14.2 Å². The topological polar surface area (TPSA) is 65.0 Å². The Labute approximate surface area is 151 Å². The number of carboxylic acids is 1. The Morgan fingerprint density at radius 1 is 1.04 bits per heavy atom. The minimum absolute atomic E-state index is 0.417. The molecule has 0 saturated carbocycles. The Morgan fingerprint density at radius 3 is 2.24 bits per heavy atom. The molecule has 5 nitrogen and oxygen atoms in total. The van der Waals surface area contributed by atoms with Crippen molar-refractivity contribution in [1.29, 1.82) is 0 Å². The number of hydrogen-bond donors (Lipinski definition) is 1. The molecule has 6 heteroatoms. The number of benzene rings is 2. The van der Waals surface area contributed by atoms with E-state index in [9.17, 15) is 9.90 Å². The fourth-order valence-electron chi connectivity index (χ4n) is 2.03. The maximum atomic E-state index is 11.3. The number of thioether (sulfide) groups is 1. The van der Waals surface area contributed by atoms with E-state index in [1.807, 2.05) is 36.4 Å². The quantitative estimate of drug-likeness (QED) is 0.709. The summed E-state index contributed by atoms with van der Waals surface area (Å²) in [5, 5.41) is 9.27. The van der Waals surface area contributed by atoms with Gasteiger partial charge in [-0.1, -0.05) is 12.1 Å². The first-order valence-electron chi connectivity index (χ1n) is 7.72. The molecule has 134 valence electrons. The zero-order valence-corrected chi connectivity index (χ0v) is 15.6. The normalized spacial score (nSPS) is 11.0. The molecule has 0 amide bonds. The van der Waals surface area contributed by atoms with Crippen molar-refractivity contribution in [3.05, 3.63) is 48.0 Å². The molecule has 0 saturated heterocycles. The van der Waals surface area contributed by atoms with Gasteiger partial charge in [-0.3, -0.25) is 4.79 Å². The minimum Gasteiger partial charge on any atom is -0.497 e. The first-order valence-corrected chi connectivity index (χ1v) is 8.53. The molecule has 0 heterocycles. The van der Waals surface area contributed by atoms with Gasteiger partial charge in [0, 0.05) is 6.07 Å². The summed E-state index contributed by atoms with van der Waals surface area (Å²) in [6.45, 7) is 3.74. The van der Waals surface area contributed by atoms with Crippen molar-refractivity contribution in [1.82, 2.24) is 0 Å². The van der Waals surface area contributed by atoms with E-state index in [4.69, 9.17) is 14.2 Å². The SMILES string of the molecule is COc1ccc(COc2ccc(SC(C)(C)C(=O)O)c(OC)c2)cc1. The van der Waals surface area contributed by atoms with E-state index in [-0.39, 0.29) is 0 Å². The Kier molecular flexibility index (Phi) is 6.20. The number of carboxylic acid groups (broad SMARTS) is 1. The van der Waals surface area contributed by atoms with Crippen LogP contribution in [0.25, 0.3) is 0 Å². The third kappa shape index (κ3) is 5.06. The van der Waals surface area contributed by atoms with Crippen LogP contribution in [0.2, 0.25) is 0 Å². The molecular weight excluding hydrogens is 340 g/mol. The molecule has 0 aromatic heterocycles. The predicted octanol–water partition coefficient (Wildman–Crippen LogP) is 4.24. The first-order chi connectivity index (χ1) is 11.9. The maximum absolute atomic E-state index is 11.3. The fraction of sp³-hybridized carbons (Fsp3) is 0.316. The summed E-state index contributed by atoms with van der Waals surface area (Å²) in [5.41, 5.74) is 1.02. The third-order valence-corrected chi connectivity index (χ3v) is 4.82. The highest BCUT2D eigenvalue weighted by molar-refractivity contribution is 8.01. The van der Waals surface area contributed by atoms with Gasteiger partial charge >= 0.3 is 5.97 Å². The van der Waals surface area contributed by atoms with Crippen molar-refractivity contribution in [2.24, 2.45) is 0 Å². The second-order valence-corrected chi connectivity index (χ2v) is 7.53. The van der Waals surface area contributed by atoms with Gasteiger partial charge in [-0.05, 0) is 43.7 Å². The summed E-state index contributed by atoms with van der Waals surface area (Å²) in [6, 6.07) is 13.0. The molecule has 2 aromatic rings. The van der Waals surface area contributed by atoms with Crippen LogP contribution in [0.4, 0.5) is 0 Å². The van der Waals surface area contributed by atoms with Crippen LogP contribution in [0.15, 0.2) is 47.4 Å². The van der Waals surface area contributed by atoms with Gasteiger partial charge in [-0.2, -0.15) is 0 Å². The van der Waals surface area contributed by atoms with Crippen molar-refractivity contribution in [3.8, 4) is 17.2 Å². The zero-order valence-electron chi connectivity index (χ0n) is 14.7. The summed E-state index contributed by atoms with van der Waals surface area (Å²) >= 11 is 1.24. The van der Waals surface area contributed by atoms with Crippen molar-refractivity contribution < 1.29 is 24.1 Å². The Balaban J connectivity index is 2.08. The number of ether oxygens (including phenoxy) is 3. The number of rotatable bonds is 8. The van der Waals surface area contributed by atoms with Gasteiger partial charge in [0.05, 0.1) is 19.1 Å². The van der Waals surface area contributed by atoms with Gasteiger partial charge in [0.1, 0.15) is 28.6 Å². The van der Waals surface area contributed by atoms with Gasteiger partial charge < -0.3 is 19.3 Å². The molecule has 1 N–H and O–H groups in total. The molecule has 0 aliphatic carbocycles. The average Bonchev–Trinajstić information content (AvgIpc) is 2.60. The van der Waals surface area contributed by atoms with E-state index in [0.717, 1.165) is 16.2 Å². The molecule has 0 radical (unpaired) electrons. The molecule has 0 atom stereocenters. The van der Waals surface area contributed by atoms with E-state index in [1.54, 1.807) is 34.1 Å². The molecule has 0 aliphatic heterocycles. The fourth-order valence-corrected chi connectivity index (χ4v) is 3.05. The summed E-state index contributed by atoms with van der Waals surface area (Å²) in [7, 11) is 3.18. The van der Waals surface area contributed by atoms with Gasteiger partial charge in [0.2, 0.25) is 0 Å². The molecule has 25 heavy (non-hydrogen) atoms. The minimum atomic E-state index is -0.946. The van der Waals surface area contributed by atoms with Crippen LogP contribution < -0.4 is 14.2 Å². The smallest absolute Gasteiger partial charge is 0.319 e. The molecule has 0 unspecified atom stereocenters. The lowest BCUT2D eigenvalue weighted by Crippen LogP contribution is -2.26. The highest BCUT2D eigenvalue weighted by atomic mass is 32.2. The van der Waals surface area contributed by atoms with Crippen LogP contribution in [0.1, 0.15) is 19.4 Å². The molecular formula is C19H22O5S. The number of carbonyl (C=O) groups is 1. The van der Waals surface area contributed by atoms with Gasteiger partial charge in [0.25, 0.3) is 0 Å². The Bertz CT molecular complexity index is 725. The summed E-state index contributed by atoms with van der Waals surface area (Å²) in [5.74, 6) is 1.17. The van der Waals surface area contributed by atoms with Crippen molar-refractivity contribution in [2.45, 2.75) is 30.1 Å². The third-order valence-electron chi connectivity index (χ3n) is 3.58. The van der Waals surface area contributed by atoms with Crippen LogP contribution in [-0.2, 0) is 11.4 Å². The molecule has 0 fully saturated rings. The van der Waals surface area contributed by atoms with Crippen LogP contribution in [0.5, 0.6) is 17.2 Å². The standard InChI is InChI=1S/C19H22O5S/c1-19(2,18(20)21)25-17-10-9-15(11-16(17)23-4)24-12-13-5-7-14(22-3)8-6-13/h5-11H,12H2,1-4H3,(H,20,21). The monoisotopic (exact) mass is 362 g/mol. The molecule has 2 rings (SSSR count). The van der Waals surface area contributed by atoms with Crippen molar-refractivity contribution in [3.63, 3.8) is 0 Å². The molecule has 2 aromatic carbocycles. The van der Waals surface area contributed by atoms with Gasteiger partial charge in [-0.25, -0.2) is 0 Å². The van der Waals surface area contributed by atoms with Gasteiger partial charge in [0.15, 0.2) is 0 Å². The van der Waals surface area contributed by atoms with Gasteiger partial charge in [-0.15, -0.1) is 11.8 Å². The predicted molar refractivity (Wildman–Crippen MR) is 97.9 cm³/mol. The largest absolute Gasteiger partial charge is 0.497 e. The zero-order chi connectivity index (χ0) is 18.4. The summed E-state index contributed by atoms with van der Waals surface area (Å²) in [4.78, 5) is 12.1. The lowest BCUT2D eigenvalue weighted by molar-refractivity contribution is -0.138. The highest BCUT2D eigenvalue weighted by Crippen LogP contribution is 2.40. The summed E-state index contributed by atoms with van der Waals surface area (Å²) < 4.78 is 15.4. The second kappa shape index (κ2) is 8.16.